The monoisotopic (exact) mass is 583 g/mol. The van der Waals surface area contributed by atoms with Gasteiger partial charge in [-0.15, -0.1) is 0 Å². The molecule has 0 atom stereocenters. The molecule has 1 saturated heterocycles. The van der Waals surface area contributed by atoms with Crippen molar-refractivity contribution in [2.45, 2.75) is 59.0 Å². The first-order chi connectivity index (χ1) is 19.8. The van der Waals surface area contributed by atoms with Gasteiger partial charge in [-0.1, -0.05) is 41.8 Å². The summed E-state index contributed by atoms with van der Waals surface area (Å²) in [6.07, 6.45) is 6.83. The number of hydrogen-bond donors (Lipinski definition) is 2. The van der Waals surface area contributed by atoms with Crippen LogP contribution in [0.15, 0.2) is 35.9 Å². The van der Waals surface area contributed by atoms with Crippen molar-refractivity contribution < 1.29 is 28.6 Å². The maximum atomic E-state index is 13.0. The number of nitrogens with one attached hydrogen (secondary N) is 2. The summed E-state index contributed by atoms with van der Waals surface area (Å²) in [7, 11) is 1.56. The van der Waals surface area contributed by atoms with E-state index in [-0.39, 0.29) is 19.0 Å². The largest absolute Gasteiger partial charge is 0.496 e. The van der Waals surface area contributed by atoms with Crippen molar-refractivity contribution in [1.82, 2.24) is 4.90 Å². The van der Waals surface area contributed by atoms with Crippen LogP contribution in [0.1, 0.15) is 66.1 Å². The number of nitrogens with zero attached hydrogens (tertiary/aromatic N) is 1. The molecule has 0 bridgehead atoms. The van der Waals surface area contributed by atoms with Crippen molar-refractivity contribution in [3.05, 3.63) is 63.2 Å². The standard InChI is InChI=1S/C31H38ClN3O6/c1-20(12-14-26(36)40-18-17-35-15-7-4-8-16-35)11-13-22-28(34-31(38)33-25-10-6-5-9-24(25)32)27-23(19-41-30(27)37)21(2)29(22)39-3/h5-6,9-11H,4,7-8,12-19H2,1-3H3,(H2,33,34,38)/b20-11+. The number of carbonyl (C=O) groups excluding carboxylic acids is 3. The number of ether oxygens (including phenoxy) is 3. The molecule has 2 N–H and O–H groups in total. The van der Waals surface area contributed by atoms with Crippen molar-refractivity contribution in [3.8, 4) is 5.75 Å². The molecule has 1 fully saturated rings. The number of anilines is 2. The molecule has 0 spiro atoms. The Morgan fingerprint density at radius 1 is 1.12 bits per heavy atom. The summed E-state index contributed by atoms with van der Waals surface area (Å²) in [5.74, 6) is -0.161. The van der Waals surface area contributed by atoms with E-state index in [0.717, 1.165) is 30.8 Å². The number of amides is 2. The predicted octanol–water partition coefficient (Wildman–Crippen LogP) is 6.27. The summed E-state index contributed by atoms with van der Waals surface area (Å²) >= 11 is 6.21. The molecule has 220 valence electrons. The minimum absolute atomic E-state index is 0.103. The molecule has 2 amide bonds. The van der Waals surface area contributed by atoms with Crippen LogP contribution < -0.4 is 15.4 Å². The average molecular weight is 584 g/mol. The molecular weight excluding hydrogens is 546 g/mol. The van der Waals surface area contributed by atoms with Gasteiger partial charge in [0.2, 0.25) is 0 Å². The number of fused-ring (bicyclic) bond motifs is 1. The summed E-state index contributed by atoms with van der Waals surface area (Å²) in [6, 6.07) is 6.32. The van der Waals surface area contributed by atoms with E-state index in [4.69, 9.17) is 25.8 Å². The fourth-order valence-electron chi connectivity index (χ4n) is 5.24. The van der Waals surface area contributed by atoms with E-state index in [1.165, 1.54) is 19.3 Å². The van der Waals surface area contributed by atoms with E-state index in [9.17, 15) is 14.4 Å². The number of piperidine rings is 1. The first kappa shape index (κ1) is 30.4. The molecular formula is C31H38ClN3O6. The number of allylic oxidation sites excluding steroid dienone is 2. The summed E-state index contributed by atoms with van der Waals surface area (Å²) in [4.78, 5) is 40.5. The lowest BCUT2D eigenvalue weighted by molar-refractivity contribution is -0.144. The van der Waals surface area contributed by atoms with Crippen LogP contribution in [-0.2, 0) is 27.3 Å². The highest BCUT2D eigenvalue weighted by Gasteiger charge is 2.32. The average Bonchev–Trinajstić information content (AvgIpc) is 3.36. The fraction of sp³-hybridized carbons (Fsp3) is 0.452. The SMILES string of the molecule is COc1c(C)c2c(c(NC(=O)Nc3ccccc3Cl)c1C/C=C(\C)CCC(=O)OCCN1CCCCC1)C(=O)OC2. The Morgan fingerprint density at radius 3 is 2.61 bits per heavy atom. The van der Waals surface area contributed by atoms with Gasteiger partial charge in [-0.05, 0) is 70.3 Å². The molecule has 0 radical (unpaired) electrons. The summed E-state index contributed by atoms with van der Waals surface area (Å²) in [6.45, 7) is 7.25. The van der Waals surface area contributed by atoms with Gasteiger partial charge in [-0.25, -0.2) is 9.59 Å². The molecule has 2 aliphatic heterocycles. The molecule has 4 rings (SSSR count). The zero-order chi connectivity index (χ0) is 29.4. The Hall–Kier alpha value is -3.56. The highest BCUT2D eigenvalue weighted by atomic mass is 35.5. The van der Waals surface area contributed by atoms with E-state index in [0.29, 0.717) is 58.3 Å². The number of cyclic esters (lactones) is 1. The van der Waals surface area contributed by atoms with Crippen LogP contribution in [-0.4, -0.2) is 56.2 Å². The summed E-state index contributed by atoms with van der Waals surface area (Å²) in [5.41, 5.74) is 4.16. The summed E-state index contributed by atoms with van der Waals surface area (Å²) < 4.78 is 16.5. The molecule has 0 aromatic heterocycles. The molecule has 0 unspecified atom stereocenters. The number of urea groups is 1. The third-order valence-electron chi connectivity index (χ3n) is 7.53. The first-order valence-corrected chi connectivity index (χ1v) is 14.4. The first-order valence-electron chi connectivity index (χ1n) is 14.0. The summed E-state index contributed by atoms with van der Waals surface area (Å²) in [5, 5.41) is 5.97. The van der Waals surface area contributed by atoms with E-state index in [2.05, 4.69) is 15.5 Å². The smallest absolute Gasteiger partial charge is 0.341 e. The third-order valence-corrected chi connectivity index (χ3v) is 7.86. The quantitative estimate of drug-likeness (QED) is 0.237. The molecule has 9 nitrogen and oxygen atoms in total. The highest BCUT2D eigenvalue weighted by molar-refractivity contribution is 6.33. The van der Waals surface area contributed by atoms with Crippen LogP contribution in [0.5, 0.6) is 5.75 Å². The number of esters is 2. The van der Waals surface area contributed by atoms with Crippen molar-refractivity contribution in [1.29, 1.82) is 0 Å². The molecule has 2 aromatic carbocycles. The zero-order valence-electron chi connectivity index (χ0n) is 23.9. The Bertz CT molecular complexity index is 1320. The second kappa shape index (κ2) is 14.4. The van der Waals surface area contributed by atoms with Crippen molar-refractivity contribution in [2.24, 2.45) is 0 Å². The number of likely N-dealkylation sites (tertiary alicyclic amines) is 1. The number of benzene rings is 2. The van der Waals surface area contributed by atoms with Crippen molar-refractivity contribution in [2.75, 3.05) is 44.0 Å². The number of rotatable bonds is 11. The van der Waals surface area contributed by atoms with E-state index < -0.39 is 12.0 Å². The zero-order valence-corrected chi connectivity index (χ0v) is 24.7. The molecule has 41 heavy (non-hydrogen) atoms. The van der Waals surface area contributed by atoms with E-state index >= 15 is 0 Å². The van der Waals surface area contributed by atoms with Crippen molar-refractivity contribution in [3.63, 3.8) is 0 Å². The van der Waals surface area contributed by atoms with Crippen LogP contribution in [0.3, 0.4) is 0 Å². The van der Waals surface area contributed by atoms with Crippen molar-refractivity contribution >= 4 is 40.9 Å². The van der Waals surface area contributed by atoms with Crippen LogP contribution in [0, 0.1) is 6.92 Å². The van der Waals surface area contributed by atoms with Gasteiger partial charge in [0, 0.05) is 24.1 Å². The minimum Gasteiger partial charge on any atom is -0.496 e. The minimum atomic E-state index is -0.555. The number of carbonyl (C=O) groups is 3. The second-order valence-corrected chi connectivity index (χ2v) is 10.8. The van der Waals surface area contributed by atoms with Gasteiger partial charge < -0.3 is 24.8 Å². The fourth-order valence-corrected chi connectivity index (χ4v) is 5.42. The van der Waals surface area contributed by atoms with Crippen LogP contribution in [0.4, 0.5) is 16.2 Å². The van der Waals surface area contributed by atoms with Gasteiger partial charge in [-0.3, -0.25) is 9.69 Å². The van der Waals surface area contributed by atoms with Crippen LogP contribution >= 0.6 is 11.6 Å². The molecule has 0 saturated carbocycles. The molecule has 10 heteroatoms. The van der Waals surface area contributed by atoms with Gasteiger partial charge in [0.05, 0.1) is 29.1 Å². The number of para-hydroxylation sites is 1. The van der Waals surface area contributed by atoms with Gasteiger partial charge >= 0.3 is 18.0 Å². The third kappa shape index (κ3) is 7.80. The Morgan fingerprint density at radius 2 is 1.88 bits per heavy atom. The highest BCUT2D eigenvalue weighted by Crippen LogP contribution is 2.41. The Kier molecular flexibility index (Phi) is 10.7. The number of methoxy groups -OCH3 is 1. The van der Waals surface area contributed by atoms with E-state index in [1.807, 2.05) is 19.9 Å². The van der Waals surface area contributed by atoms with Gasteiger partial charge in [0.1, 0.15) is 19.0 Å². The Labute approximate surface area is 246 Å². The topological polar surface area (TPSA) is 106 Å². The maximum Gasteiger partial charge on any atom is 0.341 e. The lowest BCUT2D eigenvalue weighted by Gasteiger charge is -2.25. The second-order valence-electron chi connectivity index (χ2n) is 10.4. The maximum absolute atomic E-state index is 13.0. The molecule has 0 aliphatic carbocycles. The van der Waals surface area contributed by atoms with Gasteiger partial charge in [-0.2, -0.15) is 0 Å². The van der Waals surface area contributed by atoms with Gasteiger partial charge in [0.15, 0.2) is 0 Å². The Balaban J connectivity index is 1.46. The molecule has 2 aliphatic rings. The van der Waals surface area contributed by atoms with E-state index in [1.54, 1.807) is 31.4 Å². The number of halogens is 1. The van der Waals surface area contributed by atoms with Crippen LogP contribution in [0.2, 0.25) is 5.02 Å². The lowest BCUT2D eigenvalue weighted by Crippen LogP contribution is -2.33. The predicted molar refractivity (Wildman–Crippen MR) is 159 cm³/mol. The molecule has 2 heterocycles. The van der Waals surface area contributed by atoms with Crippen LogP contribution in [0.25, 0.3) is 0 Å². The van der Waals surface area contributed by atoms with Gasteiger partial charge in [0.25, 0.3) is 0 Å². The normalized spacial score (nSPS) is 15.2. The lowest BCUT2D eigenvalue weighted by atomic mass is 9.93. The molecule has 2 aromatic rings. The number of hydrogen-bond acceptors (Lipinski definition) is 7.